The lowest BCUT2D eigenvalue weighted by molar-refractivity contribution is 0.300. The fraction of sp³-hybridized carbons (Fsp3) is 0.143. The van der Waals surface area contributed by atoms with Crippen molar-refractivity contribution >= 4 is 44.3 Å². The molecule has 3 aromatic carbocycles. The van der Waals surface area contributed by atoms with Crippen LogP contribution in [0.2, 0.25) is 0 Å². The number of benzene rings is 3. The average molecular weight is 482 g/mol. The van der Waals surface area contributed by atoms with E-state index < -0.39 is 0 Å². The van der Waals surface area contributed by atoms with Crippen LogP contribution in [-0.2, 0) is 6.54 Å². The third-order valence-electron chi connectivity index (χ3n) is 6.10. The molecular formula is C28H23N3O3S. The average Bonchev–Trinajstić information content (AvgIpc) is 3.53. The van der Waals surface area contributed by atoms with Crippen molar-refractivity contribution in [1.82, 2.24) is 14.0 Å². The summed E-state index contributed by atoms with van der Waals surface area (Å²) >= 11 is 1.43. The van der Waals surface area contributed by atoms with E-state index in [2.05, 4.69) is 27.9 Å². The van der Waals surface area contributed by atoms with Crippen LogP contribution in [0.1, 0.15) is 12.0 Å². The van der Waals surface area contributed by atoms with E-state index in [1.54, 1.807) is 11.5 Å². The Kier molecular flexibility index (Phi) is 5.47. The van der Waals surface area contributed by atoms with Crippen LogP contribution in [0.4, 0.5) is 0 Å². The third kappa shape index (κ3) is 3.94. The molecule has 0 saturated heterocycles. The van der Waals surface area contributed by atoms with Crippen molar-refractivity contribution in [3.63, 3.8) is 0 Å². The highest BCUT2D eigenvalue weighted by Crippen LogP contribution is 2.23. The molecule has 0 atom stereocenters. The molecule has 0 fully saturated rings. The molecule has 6 nitrogen and oxygen atoms in total. The minimum atomic E-state index is -0.0257. The lowest BCUT2D eigenvalue weighted by atomic mass is 10.2. The normalized spacial score (nSPS) is 12.2. The van der Waals surface area contributed by atoms with E-state index in [0.29, 0.717) is 11.1 Å². The van der Waals surface area contributed by atoms with Crippen LogP contribution in [0.5, 0.6) is 11.5 Å². The van der Waals surface area contributed by atoms with Gasteiger partial charge in [0.05, 0.1) is 29.3 Å². The molecule has 0 amide bonds. The lowest BCUT2D eigenvalue weighted by Crippen LogP contribution is -2.22. The van der Waals surface area contributed by atoms with Crippen LogP contribution in [0, 0.1) is 0 Å². The van der Waals surface area contributed by atoms with Crippen LogP contribution < -0.4 is 19.6 Å². The number of thiazole rings is 1. The second-order valence-electron chi connectivity index (χ2n) is 8.31. The largest absolute Gasteiger partial charge is 0.497 e. The standard InChI is InChI=1S/C28H23N3O3S/c1-33-20-8-6-9-21(17-20)34-15-7-14-30-18-19(22-10-2-4-12-24(22)30)16-26-27(32)31-25-13-5-3-11-23(25)29-28(31)35-26/h2-6,8-13,16-18H,7,14-15H2,1H3. The number of nitrogens with zero attached hydrogens (tertiary/aromatic N) is 3. The van der Waals surface area contributed by atoms with Gasteiger partial charge in [0.2, 0.25) is 0 Å². The molecule has 7 heteroatoms. The summed E-state index contributed by atoms with van der Waals surface area (Å²) in [4.78, 5) is 18.6. The Balaban J connectivity index is 1.29. The first kappa shape index (κ1) is 21.4. The summed E-state index contributed by atoms with van der Waals surface area (Å²) in [5.74, 6) is 1.58. The zero-order valence-corrected chi connectivity index (χ0v) is 20.0. The fourth-order valence-corrected chi connectivity index (χ4v) is 5.42. The van der Waals surface area contributed by atoms with Crippen LogP contribution >= 0.6 is 11.3 Å². The van der Waals surface area contributed by atoms with Gasteiger partial charge in [-0.1, -0.05) is 47.7 Å². The number of para-hydroxylation sites is 3. The molecule has 0 spiro atoms. The topological polar surface area (TPSA) is 57.8 Å². The van der Waals surface area contributed by atoms with Crippen molar-refractivity contribution in [3.05, 3.63) is 99.4 Å². The molecule has 6 rings (SSSR count). The number of fused-ring (bicyclic) bond motifs is 4. The predicted octanol–water partition coefficient (Wildman–Crippen LogP) is 4.89. The first-order valence-corrected chi connectivity index (χ1v) is 12.3. The molecule has 174 valence electrons. The van der Waals surface area contributed by atoms with Gasteiger partial charge in [0.15, 0.2) is 4.96 Å². The Hall–Kier alpha value is -4.10. The van der Waals surface area contributed by atoms with Gasteiger partial charge in [-0.15, -0.1) is 0 Å². The van der Waals surface area contributed by atoms with E-state index in [9.17, 15) is 4.79 Å². The van der Waals surface area contributed by atoms with Crippen LogP contribution in [-0.4, -0.2) is 27.7 Å². The monoisotopic (exact) mass is 481 g/mol. The van der Waals surface area contributed by atoms with Crippen molar-refractivity contribution < 1.29 is 9.47 Å². The van der Waals surface area contributed by atoms with Gasteiger partial charge in [0.1, 0.15) is 11.5 Å². The van der Waals surface area contributed by atoms with Gasteiger partial charge >= 0.3 is 0 Å². The highest BCUT2D eigenvalue weighted by molar-refractivity contribution is 7.15. The van der Waals surface area contributed by atoms with E-state index in [-0.39, 0.29) is 5.56 Å². The lowest BCUT2D eigenvalue weighted by Gasteiger charge is -2.09. The Morgan fingerprint density at radius 2 is 1.77 bits per heavy atom. The molecular weight excluding hydrogens is 458 g/mol. The summed E-state index contributed by atoms with van der Waals surface area (Å²) in [6.07, 6.45) is 4.96. The number of aryl methyl sites for hydroxylation is 1. The zero-order valence-electron chi connectivity index (χ0n) is 19.2. The predicted molar refractivity (Wildman–Crippen MR) is 141 cm³/mol. The number of imidazole rings is 1. The van der Waals surface area contributed by atoms with E-state index in [1.165, 1.54) is 11.3 Å². The highest BCUT2D eigenvalue weighted by atomic mass is 32.1. The molecule has 0 aliphatic carbocycles. The summed E-state index contributed by atoms with van der Waals surface area (Å²) in [6, 6.07) is 23.7. The summed E-state index contributed by atoms with van der Waals surface area (Å²) < 4.78 is 15.8. The summed E-state index contributed by atoms with van der Waals surface area (Å²) in [7, 11) is 1.65. The van der Waals surface area contributed by atoms with E-state index in [0.717, 1.165) is 56.9 Å². The van der Waals surface area contributed by atoms with Crippen LogP contribution in [0.25, 0.3) is 33.0 Å². The van der Waals surface area contributed by atoms with E-state index in [4.69, 9.17) is 9.47 Å². The number of aromatic nitrogens is 3. The maximum atomic E-state index is 13.2. The van der Waals surface area contributed by atoms with Crippen molar-refractivity contribution in [2.24, 2.45) is 0 Å². The van der Waals surface area contributed by atoms with Gasteiger partial charge in [-0.25, -0.2) is 9.38 Å². The zero-order chi connectivity index (χ0) is 23.8. The summed E-state index contributed by atoms with van der Waals surface area (Å²) in [5, 5.41) is 1.12. The molecule has 0 unspecified atom stereocenters. The van der Waals surface area contributed by atoms with Crippen molar-refractivity contribution in [3.8, 4) is 11.5 Å². The molecule has 3 heterocycles. The minimum absolute atomic E-state index is 0.0257. The molecule has 6 aromatic rings. The fourth-order valence-electron chi connectivity index (χ4n) is 4.44. The van der Waals surface area contributed by atoms with Crippen molar-refractivity contribution in [2.45, 2.75) is 13.0 Å². The van der Waals surface area contributed by atoms with Gasteiger partial charge in [-0.05, 0) is 42.8 Å². The number of methoxy groups -OCH3 is 1. The molecule has 0 N–H and O–H groups in total. The molecule has 3 aromatic heterocycles. The number of ether oxygens (including phenoxy) is 2. The second-order valence-corrected chi connectivity index (χ2v) is 9.32. The first-order chi connectivity index (χ1) is 17.2. The highest BCUT2D eigenvalue weighted by Gasteiger charge is 2.12. The van der Waals surface area contributed by atoms with Crippen molar-refractivity contribution in [2.75, 3.05) is 13.7 Å². The van der Waals surface area contributed by atoms with Gasteiger partial charge in [0.25, 0.3) is 5.56 Å². The van der Waals surface area contributed by atoms with Gasteiger partial charge in [0, 0.05) is 35.3 Å². The van der Waals surface area contributed by atoms with E-state index in [1.807, 2.05) is 66.7 Å². The molecule has 0 aliphatic heterocycles. The number of rotatable bonds is 7. The SMILES string of the molecule is COc1cccc(OCCCn2cc(C=c3sc4nc5ccccc5n4c3=O)c3ccccc32)c1. The quantitative estimate of drug-likeness (QED) is 0.305. The number of hydrogen-bond acceptors (Lipinski definition) is 5. The molecule has 0 radical (unpaired) electrons. The Morgan fingerprint density at radius 3 is 2.66 bits per heavy atom. The van der Waals surface area contributed by atoms with Gasteiger partial charge in [-0.2, -0.15) is 0 Å². The second kappa shape index (κ2) is 8.92. The van der Waals surface area contributed by atoms with Crippen LogP contribution in [0.3, 0.4) is 0 Å². The Morgan fingerprint density at radius 1 is 0.971 bits per heavy atom. The summed E-state index contributed by atoms with van der Waals surface area (Å²) in [6.45, 7) is 1.40. The Bertz CT molecular complexity index is 1780. The minimum Gasteiger partial charge on any atom is -0.497 e. The van der Waals surface area contributed by atoms with Crippen LogP contribution in [0.15, 0.2) is 83.8 Å². The Labute approximate surface area is 205 Å². The maximum absolute atomic E-state index is 13.2. The third-order valence-corrected chi connectivity index (χ3v) is 7.07. The van der Waals surface area contributed by atoms with E-state index >= 15 is 0 Å². The first-order valence-electron chi connectivity index (χ1n) is 11.5. The van der Waals surface area contributed by atoms with Gasteiger partial charge < -0.3 is 14.0 Å². The van der Waals surface area contributed by atoms with Crippen molar-refractivity contribution in [1.29, 1.82) is 0 Å². The molecule has 35 heavy (non-hydrogen) atoms. The smallest absolute Gasteiger partial charge is 0.274 e. The maximum Gasteiger partial charge on any atom is 0.274 e. The van der Waals surface area contributed by atoms with Gasteiger partial charge in [-0.3, -0.25) is 4.79 Å². The molecule has 0 saturated carbocycles. The summed E-state index contributed by atoms with van der Waals surface area (Å²) in [5.41, 5.74) is 3.83. The number of hydrogen-bond donors (Lipinski definition) is 0. The molecule has 0 aliphatic rings. The molecule has 0 bridgehead atoms.